The molecule has 4 heteroatoms. The first kappa shape index (κ1) is 16.5. The molecule has 1 rings (SSSR count). The Kier molecular flexibility index (Phi) is 5.17. The second kappa shape index (κ2) is 6.27. The van der Waals surface area contributed by atoms with Crippen molar-refractivity contribution >= 4 is 11.8 Å². The normalized spacial score (nSPS) is 12.1. The number of benzene rings is 1. The Bertz CT molecular complexity index is 445. The Hall–Kier alpha value is -1.55. The van der Waals surface area contributed by atoms with Crippen molar-refractivity contribution in [3.8, 4) is 0 Å². The lowest BCUT2D eigenvalue weighted by Crippen LogP contribution is -2.38. The highest BCUT2D eigenvalue weighted by molar-refractivity contribution is 5.84. The lowest BCUT2D eigenvalue weighted by atomic mass is 9.95. The van der Waals surface area contributed by atoms with E-state index in [9.17, 15) is 4.79 Å². The fraction of sp³-hybridized carbons (Fsp3) is 0.562. The molecule has 1 aromatic carbocycles. The molecule has 0 saturated carbocycles. The molecule has 0 fully saturated rings. The molecule has 0 unspecified atom stereocenters. The number of ether oxygens (including phenoxy) is 1. The van der Waals surface area contributed by atoms with Crippen LogP contribution in [0.15, 0.2) is 24.3 Å². The standard InChI is InChI=1S/C16H26N2O2/c1-15(2,3)20-14(19)18-13-9-7-12(8-10-13)11-16(4,5)17-6/h7-10,17H,11H2,1-6H3,(H,18,19). The monoisotopic (exact) mass is 278 g/mol. The Balaban J connectivity index is 2.61. The van der Waals surface area contributed by atoms with Gasteiger partial charge >= 0.3 is 6.09 Å². The Morgan fingerprint density at radius 1 is 1.10 bits per heavy atom. The number of hydrogen-bond donors (Lipinski definition) is 2. The number of amides is 1. The third-order valence-corrected chi connectivity index (χ3v) is 2.92. The number of anilines is 1. The molecule has 1 amide bonds. The lowest BCUT2D eigenvalue weighted by molar-refractivity contribution is 0.0636. The van der Waals surface area contributed by atoms with E-state index in [4.69, 9.17) is 4.74 Å². The summed E-state index contributed by atoms with van der Waals surface area (Å²) in [5.74, 6) is 0. The highest BCUT2D eigenvalue weighted by Crippen LogP contribution is 2.16. The van der Waals surface area contributed by atoms with Crippen LogP contribution in [0.5, 0.6) is 0 Å². The molecule has 0 atom stereocenters. The van der Waals surface area contributed by atoms with Gasteiger partial charge in [-0.3, -0.25) is 5.32 Å². The van der Waals surface area contributed by atoms with Gasteiger partial charge in [-0.2, -0.15) is 0 Å². The van der Waals surface area contributed by atoms with E-state index in [1.54, 1.807) is 0 Å². The summed E-state index contributed by atoms with van der Waals surface area (Å²) in [5.41, 5.74) is 1.53. The van der Waals surface area contributed by atoms with Crippen LogP contribution in [0.2, 0.25) is 0 Å². The van der Waals surface area contributed by atoms with E-state index in [2.05, 4.69) is 24.5 Å². The lowest BCUT2D eigenvalue weighted by Gasteiger charge is -2.24. The maximum atomic E-state index is 11.6. The molecule has 0 spiro atoms. The smallest absolute Gasteiger partial charge is 0.412 e. The van der Waals surface area contributed by atoms with Gasteiger partial charge in [-0.25, -0.2) is 4.79 Å². The average molecular weight is 278 g/mol. The molecule has 20 heavy (non-hydrogen) atoms. The molecular weight excluding hydrogens is 252 g/mol. The minimum Gasteiger partial charge on any atom is -0.444 e. The first-order chi connectivity index (χ1) is 9.11. The summed E-state index contributed by atoms with van der Waals surface area (Å²) in [5, 5.41) is 6.00. The van der Waals surface area contributed by atoms with Crippen molar-refractivity contribution in [2.45, 2.75) is 52.2 Å². The van der Waals surface area contributed by atoms with Crippen molar-refractivity contribution in [1.29, 1.82) is 0 Å². The highest BCUT2D eigenvalue weighted by Gasteiger charge is 2.17. The van der Waals surface area contributed by atoms with Crippen LogP contribution < -0.4 is 10.6 Å². The number of hydrogen-bond acceptors (Lipinski definition) is 3. The zero-order valence-corrected chi connectivity index (χ0v) is 13.3. The Morgan fingerprint density at radius 2 is 1.65 bits per heavy atom. The first-order valence-electron chi connectivity index (χ1n) is 6.89. The Morgan fingerprint density at radius 3 is 2.10 bits per heavy atom. The van der Waals surface area contributed by atoms with E-state index in [1.165, 1.54) is 5.56 Å². The summed E-state index contributed by atoms with van der Waals surface area (Å²) in [6, 6.07) is 7.83. The van der Waals surface area contributed by atoms with Crippen molar-refractivity contribution in [1.82, 2.24) is 5.32 Å². The third kappa shape index (κ3) is 6.06. The van der Waals surface area contributed by atoms with Crippen LogP contribution in [0.1, 0.15) is 40.2 Å². The summed E-state index contributed by atoms with van der Waals surface area (Å²) < 4.78 is 5.21. The quantitative estimate of drug-likeness (QED) is 0.885. The summed E-state index contributed by atoms with van der Waals surface area (Å²) in [6.07, 6.45) is 0.497. The van der Waals surface area contributed by atoms with Gasteiger partial charge in [0.25, 0.3) is 0 Å². The van der Waals surface area contributed by atoms with E-state index in [-0.39, 0.29) is 5.54 Å². The number of carbonyl (C=O) groups is 1. The van der Waals surface area contributed by atoms with E-state index in [0.29, 0.717) is 0 Å². The van der Waals surface area contributed by atoms with Crippen LogP contribution in [-0.2, 0) is 11.2 Å². The summed E-state index contributed by atoms with van der Waals surface area (Å²) >= 11 is 0. The first-order valence-corrected chi connectivity index (χ1v) is 6.89. The van der Waals surface area contributed by atoms with E-state index in [1.807, 2.05) is 52.1 Å². The molecule has 0 aliphatic rings. The molecule has 0 bridgehead atoms. The maximum Gasteiger partial charge on any atom is 0.412 e. The van der Waals surface area contributed by atoms with E-state index >= 15 is 0 Å². The van der Waals surface area contributed by atoms with Crippen molar-refractivity contribution in [2.75, 3.05) is 12.4 Å². The Labute approximate surface area is 121 Å². The van der Waals surface area contributed by atoms with Crippen LogP contribution in [0, 0.1) is 0 Å². The molecule has 4 nitrogen and oxygen atoms in total. The van der Waals surface area contributed by atoms with Crippen molar-refractivity contribution < 1.29 is 9.53 Å². The zero-order valence-electron chi connectivity index (χ0n) is 13.3. The van der Waals surface area contributed by atoms with Gasteiger partial charge in [0, 0.05) is 11.2 Å². The predicted octanol–water partition coefficient (Wildman–Crippen LogP) is 3.57. The van der Waals surface area contributed by atoms with Gasteiger partial charge in [0.2, 0.25) is 0 Å². The fourth-order valence-corrected chi connectivity index (χ4v) is 1.73. The van der Waals surface area contributed by atoms with E-state index < -0.39 is 11.7 Å². The third-order valence-electron chi connectivity index (χ3n) is 2.92. The van der Waals surface area contributed by atoms with Gasteiger partial charge in [-0.05, 0) is 65.8 Å². The molecule has 0 heterocycles. The molecule has 0 aliphatic carbocycles. The average Bonchev–Trinajstić information content (AvgIpc) is 2.29. The van der Waals surface area contributed by atoms with Gasteiger partial charge in [-0.1, -0.05) is 12.1 Å². The SMILES string of the molecule is CNC(C)(C)Cc1ccc(NC(=O)OC(C)(C)C)cc1. The van der Waals surface area contributed by atoms with Gasteiger partial charge in [0.05, 0.1) is 0 Å². The topological polar surface area (TPSA) is 50.4 Å². The number of likely N-dealkylation sites (N-methyl/N-ethyl adjacent to an activating group) is 1. The minimum absolute atomic E-state index is 0.0557. The van der Waals surface area contributed by atoms with Crippen molar-refractivity contribution in [3.63, 3.8) is 0 Å². The predicted molar refractivity (Wildman–Crippen MR) is 83.1 cm³/mol. The van der Waals surface area contributed by atoms with E-state index in [0.717, 1.165) is 12.1 Å². The molecule has 0 radical (unpaired) electrons. The second-order valence-corrected chi connectivity index (χ2v) is 6.63. The molecule has 112 valence electrons. The summed E-state index contributed by atoms with van der Waals surface area (Å²) in [7, 11) is 1.96. The molecule has 2 N–H and O–H groups in total. The van der Waals surface area contributed by atoms with Gasteiger partial charge in [0.15, 0.2) is 0 Å². The molecule has 0 saturated heterocycles. The van der Waals surface area contributed by atoms with Crippen molar-refractivity contribution in [3.05, 3.63) is 29.8 Å². The zero-order chi connectivity index (χ0) is 15.4. The number of nitrogens with one attached hydrogen (secondary N) is 2. The van der Waals surface area contributed by atoms with Gasteiger partial charge in [-0.15, -0.1) is 0 Å². The molecule has 0 aromatic heterocycles. The summed E-state index contributed by atoms with van der Waals surface area (Å²) in [6.45, 7) is 9.83. The molecule has 0 aliphatic heterocycles. The van der Waals surface area contributed by atoms with Crippen LogP contribution in [0.4, 0.5) is 10.5 Å². The minimum atomic E-state index is -0.485. The number of rotatable bonds is 4. The highest BCUT2D eigenvalue weighted by atomic mass is 16.6. The van der Waals surface area contributed by atoms with Crippen LogP contribution in [0.25, 0.3) is 0 Å². The summed E-state index contributed by atoms with van der Waals surface area (Å²) in [4.78, 5) is 11.6. The van der Waals surface area contributed by atoms with Gasteiger partial charge < -0.3 is 10.1 Å². The molecular formula is C16H26N2O2. The van der Waals surface area contributed by atoms with Gasteiger partial charge in [0.1, 0.15) is 5.60 Å². The van der Waals surface area contributed by atoms with Crippen LogP contribution in [0.3, 0.4) is 0 Å². The van der Waals surface area contributed by atoms with Crippen LogP contribution in [-0.4, -0.2) is 24.3 Å². The van der Waals surface area contributed by atoms with Crippen molar-refractivity contribution in [2.24, 2.45) is 0 Å². The fourth-order valence-electron chi connectivity index (χ4n) is 1.73. The second-order valence-electron chi connectivity index (χ2n) is 6.63. The largest absolute Gasteiger partial charge is 0.444 e. The molecule has 1 aromatic rings. The maximum absolute atomic E-state index is 11.6. The van der Waals surface area contributed by atoms with Crippen LogP contribution >= 0.6 is 0 Å². The number of carbonyl (C=O) groups excluding carboxylic acids is 1.